The number of aliphatic hydroxyl groups excluding tert-OH is 1. The van der Waals surface area contributed by atoms with Gasteiger partial charge in [-0.1, -0.05) is 42.1 Å². The molecule has 0 fully saturated rings. The first-order chi connectivity index (χ1) is 9.22. The lowest BCUT2D eigenvalue weighted by atomic mass is 10.2. The number of hydrogen-bond acceptors (Lipinski definition) is 3. The van der Waals surface area contributed by atoms with Gasteiger partial charge in [0.25, 0.3) is 0 Å². The molecule has 0 bridgehead atoms. The van der Waals surface area contributed by atoms with Crippen molar-refractivity contribution in [3.63, 3.8) is 0 Å². The van der Waals surface area contributed by atoms with Crippen LogP contribution in [-0.4, -0.2) is 30.9 Å². The lowest BCUT2D eigenvalue weighted by molar-refractivity contribution is 0.106. The third kappa shape index (κ3) is 8.24. The maximum absolute atomic E-state index is 9.77. The fourth-order valence-corrected chi connectivity index (χ4v) is 1.99. The van der Waals surface area contributed by atoms with E-state index in [4.69, 9.17) is 4.74 Å². The van der Waals surface area contributed by atoms with Crippen LogP contribution in [-0.2, 0) is 0 Å². The highest BCUT2D eigenvalue weighted by atomic mass is 79.9. The van der Waals surface area contributed by atoms with Crippen molar-refractivity contribution in [2.45, 2.75) is 38.7 Å². The van der Waals surface area contributed by atoms with Crippen molar-refractivity contribution >= 4 is 15.9 Å². The van der Waals surface area contributed by atoms with Crippen LogP contribution in [0, 0.1) is 0 Å². The Hall–Kier alpha value is -0.580. The summed E-state index contributed by atoms with van der Waals surface area (Å²) in [5.41, 5.74) is 0. The van der Waals surface area contributed by atoms with Crippen LogP contribution in [0.3, 0.4) is 0 Å². The Balaban J connectivity index is 2.04. The topological polar surface area (TPSA) is 41.5 Å². The van der Waals surface area contributed by atoms with Crippen molar-refractivity contribution in [2.24, 2.45) is 0 Å². The highest BCUT2D eigenvalue weighted by Crippen LogP contribution is 2.16. The Bertz CT molecular complexity index is 329. The summed E-state index contributed by atoms with van der Waals surface area (Å²) in [5.74, 6) is 0.783. The van der Waals surface area contributed by atoms with E-state index >= 15 is 0 Å². The van der Waals surface area contributed by atoms with Crippen molar-refractivity contribution in [3.8, 4) is 5.75 Å². The predicted octanol–water partition coefficient (Wildman–Crippen LogP) is 3.36. The van der Waals surface area contributed by atoms with Gasteiger partial charge in [-0.05, 0) is 37.2 Å². The van der Waals surface area contributed by atoms with Crippen LogP contribution in [0.5, 0.6) is 5.75 Å². The zero-order valence-corrected chi connectivity index (χ0v) is 13.2. The molecule has 1 aromatic carbocycles. The second kappa shape index (κ2) is 10.2. The molecular weight excluding hydrogens is 306 g/mol. The Morgan fingerprint density at radius 3 is 2.63 bits per heavy atom. The smallest absolute Gasteiger partial charge is 0.119 e. The molecule has 0 saturated heterocycles. The molecule has 1 rings (SSSR count). The molecule has 19 heavy (non-hydrogen) atoms. The van der Waals surface area contributed by atoms with E-state index < -0.39 is 6.10 Å². The van der Waals surface area contributed by atoms with E-state index in [1.54, 1.807) is 0 Å². The first-order valence-electron chi connectivity index (χ1n) is 6.99. The molecule has 0 amide bonds. The summed E-state index contributed by atoms with van der Waals surface area (Å²) in [5, 5.41) is 13.0. The molecule has 0 saturated carbocycles. The van der Waals surface area contributed by atoms with Crippen molar-refractivity contribution in [2.75, 3.05) is 19.7 Å². The number of rotatable bonds is 10. The molecule has 0 spiro atoms. The van der Waals surface area contributed by atoms with Gasteiger partial charge in [0.05, 0.1) is 0 Å². The monoisotopic (exact) mass is 329 g/mol. The van der Waals surface area contributed by atoms with E-state index in [9.17, 15) is 5.11 Å². The Morgan fingerprint density at radius 2 is 1.95 bits per heavy atom. The summed E-state index contributed by atoms with van der Waals surface area (Å²) in [4.78, 5) is 0. The summed E-state index contributed by atoms with van der Waals surface area (Å²) < 4.78 is 6.53. The molecule has 0 heterocycles. The van der Waals surface area contributed by atoms with E-state index in [0.29, 0.717) is 13.2 Å². The first kappa shape index (κ1) is 16.5. The maximum Gasteiger partial charge on any atom is 0.119 e. The molecule has 0 aliphatic heterocycles. The number of unbranched alkanes of at least 4 members (excludes halogenated alkanes) is 3. The van der Waals surface area contributed by atoms with Crippen LogP contribution in [0.15, 0.2) is 28.7 Å². The Morgan fingerprint density at radius 1 is 1.21 bits per heavy atom. The van der Waals surface area contributed by atoms with Crippen LogP contribution < -0.4 is 10.1 Å². The van der Waals surface area contributed by atoms with Gasteiger partial charge in [-0.25, -0.2) is 0 Å². The van der Waals surface area contributed by atoms with Gasteiger partial charge in [0, 0.05) is 11.0 Å². The SMILES string of the molecule is CCCCCCNCC(O)COc1ccc(Br)cc1. The molecule has 1 aromatic rings. The van der Waals surface area contributed by atoms with Gasteiger partial charge in [0.1, 0.15) is 18.5 Å². The maximum atomic E-state index is 9.77. The molecular formula is C15H24BrNO2. The number of benzene rings is 1. The van der Waals surface area contributed by atoms with E-state index in [1.165, 1.54) is 25.7 Å². The fourth-order valence-electron chi connectivity index (χ4n) is 1.73. The first-order valence-corrected chi connectivity index (χ1v) is 7.79. The van der Waals surface area contributed by atoms with Crippen LogP contribution in [0.2, 0.25) is 0 Å². The molecule has 1 unspecified atom stereocenters. The third-order valence-electron chi connectivity index (χ3n) is 2.84. The minimum absolute atomic E-state index is 0.323. The number of hydrogen-bond donors (Lipinski definition) is 2. The highest BCUT2D eigenvalue weighted by molar-refractivity contribution is 9.10. The summed E-state index contributed by atoms with van der Waals surface area (Å²) >= 11 is 3.37. The minimum atomic E-state index is -0.463. The van der Waals surface area contributed by atoms with Gasteiger partial charge in [-0.2, -0.15) is 0 Å². The lowest BCUT2D eigenvalue weighted by Crippen LogP contribution is -2.32. The third-order valence-corrected chi connectivity index (χ3v) is 3.37. The summed E-state index contributed by atoms with van der Waals surface area (Å²) in [6.45, 7) is 4.08. The quantitative estimate of drug-likeness (QED) is 0.647. The molecule has 4 heteroatoms. The Kier molecular flexibility index (Phi) is 8.88. The molecule has 2 N–H and O–H groups in total. The summed E-state index contributed by atoms with van der Waals surface area (Å²) in [7, 11) is 0. The van der Waals surface area contributed by atoms with E-state index in [0.717, 1.165) is 16.8 Å². The van der Waals surface area contributed by atoms with Gasteiger partial charge in [0.2, 0.25) is 0 Å². The van der Waals surface area contributed by atoms with E-state index in [2.05, 4.69) is 28.2 Å². The average molecular weight is 330 g/mol. The van der Waals surface area contributed by atoms with Crippen molar-refractivity contribution in [1.29, 1.82) is 0 Å². The molecule has 3 nitrogen and oxygen atoms in total. The largest absolute Gasteiger partial charge is 0.491 e. The van der Waals surface area contributed by atoms with Gasteiger partial charge in [-0.3, -0.25) is 0 Å². The molecule has 1 atom stereocenters. The van der Waals surface area contributed by atoms with E-state index in [1.807, 2.05) is 24.3 Å². The van der Waals surface area contributed by atoms with Gasteiger partial charge < -0.3 is 15.2 Å². The van der Waals surface area contributed by atoms with Crippen molar-refractivity contribution in [3.05, 3.63) is 28.7 Å². The van der Waals surface area contributed by atoms with Gasteiger partial charge in [0.15, 0.2) is 0 Å². The van der Waals surface area contributed by atoms with Crippen LogP contribution in [0.4, 0.5) is 0 Å². The average Bonchev–Trinajstić information content (AvgIpc) is 2.42. The lowest BCUT2D eigenvalue weighted by Gasteiger charge is -2.13. The zero-order valence-electron chi connectivity index (χ0n) is 11.6. The molecule has 0 aliphatic rings. The predicted molar refractivity (Wildman–Crippen MR) is 82.7 cm³/mol. The van der Waals surface area contributed by atoms with Crippen molar-refractivity contribution in [1.82, 2.24) is 5.32 Å². The minimum Gasteiger partial charge on any atom is -0.491 e. The standard InChI is InChI=1S/C15H24BrNO2/c1-2-3-4-5-10-17-11-14(18)12-19-15-8-6-13(16)7-9-15/h6-9,14,17-18H,2-5,10-12H2,1H3. The number of halogens is 1. The van der Waals surface area contributed by atoms with E-state index in [-0.39, 0.29) is 0 Å². The summed E-state index contributed by atoms with van der Waals surface area (Å²) in [6, 6.07) is 7.62. The van der Waals surface area contributed by atoms with Gasteiger partial charge >= 0.3 is 0 Å². The highest BCUT2D eigenvalue weighted by Gasteiger charge is 2.04. The summed E-state index contributed by atoms with van der Waals surface area (Å²) in [6.07, 6.45) is 4.51. The van der Waals surface area contributed by atoms with Gasteiger partial charge in [-0.15, -0.1) is 0 Å². The zero-order chi connectivity index (χ0) is 13.9. The Labute approximate surface area is 124 Å². The van der Waals surface area contributed by atoms with Crippen LogP contribution >= 0.6 is 15.9 Å². The molecule has 0 aliphatic carbocycles. The second-order valence-electron chi connectivity index (χ2n) is 4.68. The number of aliphatic hydroxyl groups is 1. The van der Waals surface area contributed by atoms with Crippen LogP contribution in [0.1, 0.15) is 32.6 Å². The number of nitrogens with one attached hydrogen (secondary N) is 1. The van der Waals surface area contributed by atoms with Crippen molar-refractivity contribution < 1.29 is 9.84 Å². The molecule has 0 aromatic heterocycles. The van der Waals surface area contributed by atoms with Crippen LogP contribution in [0.25, 0.3) is 0 Å². The number of ether oxygens (including phenoxy) is 1. The molecule has 0 radical (unpaired) electrons. The molecule has 108 valence electrons. The normalized spacial score (nSPS) is 12.4. The second-order valence-corrected chi connectivity index (χ2v) is 5.60. The fraction of sp³-hybridized carbons (Fsp3) is 0.600.